The van der Waals surface area contributed by atoms with Crippen molar-refractivity contribution in [2.24, 2.45) is 4.40 Å². The minimum absolute atomic E-state index is 0.268. The SMILES string of the molecule is Cc1ccc(SC(C/C(=N/Sc2ccccc2)OC2CCCCC2)Sc2ccc(C)cc2)cc1. The van der Waals surface area contributed by atoms with Crippen LogP contribution in [0.5, 0.6) is 0 Å². The van der Waals surface area contributed by atoms with E-state index in [1.165, 1.54) is 52.1 Å². The molecular weight excluding hydrogens is 475 g/mol. The van der Waals surface area contributed by atoms with Crippen LogP contribution >= 0.6 is 35.5 Å². The number of hydrogen-bond acceptors (Lipinski definition) is 5. The van der Waals surface area contributed by atoms with Crippen molar-refractivity contribution in [2.45, 2.75) is 77.7 Å². The van der Waals surface area contributed by atoms with E-state index in [4.69, 9.17) is 9.13 Å². The van der Waals surface area contributed by atoms with E-state index in [-0.39, 0.29) is 4.58 Å². The van der Waals surface area contributed by atoms with E-state index in [1.54, 1.807) is 0 Å². The summed E-state index contributed by atoms with van der Waals surface area (Å²) in [6, 6.07) is 28.0. The number of hydrogen-bond donors (Lipinski definition) is 0. The molecule has 0 aromatic heterocycles. The van der Waals surface area contributed by atoms with Gasteiger partial charge in [0.05, 0.1) is 4.58 Å². The second-order valence-corrected chi connectivity index (χ2v) is 12.4. The Labute approximate surface area is 217 Å². The monoisotopic (exact) mass is 507 g/mol. The third kappa shape index (κ3) is 8.44. The van der Waals surface area contributed by atoms with Gasteiger partial charge in [-0.15, -0.1) is 23.5 Å². The molecule has 34 heavy (non-hydrogen) atoms. The smallest absolute Gasteiger partial charge is 0.197 e. The van der Waals surface area contributed by atoms with Gasteiger partial charge < -0.3 is 4.74 Å². The lowest BCUT2D eigenvalue weighted by molar-refractivity contribution is 0.139. The highest BCUT2D eigenvalue weighted by atomic mass is 32.2. The zero-order valence-corrected chi connectivity index (χ0v) is 22.4. The standard InChI is InChI=1S/C29H33NOS3/c1-22-13-17-25(18-14-22)32-29(33-26-19-15-23(2)16-20-26)21-28(31-24-9-5-3-6-10-24)30-34-27-11-7-4-8-12-27/h4,7-8,11-20,24,29H,3,5-6,9-10,21H2,1-2H3/b30-28-. The second kappa shape index (κ2) is 13.3. The van der Waals surface area contributed by atoms with Gasteiger partial charge in [0, 0.05) is 33.1 Å². The van der Waals surface area contributed by atoms with Crippen LogP contribution in [0.15, 0.2) is 97.9 Å². The van der Waals surface area contributed by atoms with Crippen molar-refractivity contribution in [2.75, 3.05) is 0 Å². The molecule has 0 bridgehead atoms. The van der Waals surface area contributed by atoms with Crippen molar-refractivity contribution in [3.63, 3.8) is 0 Å². The molecule has 0 N–H and O–H groups in total. The van der Waals surface area contributed by atoms with Crippen molar-refractivity contribution >= 4 is 41.4 Å². The summed E-state index contributed by atoms with van der Waals surface area (Å²) in [6.07, 6.45) is 7.17. The van der Waals surface area contributed by atoms with E-state index in [1.807, 2.05) is 29.6 Å². The maximum absolute atomic E-state index is 6.56. The number of nitrogens with zero attached hydrogens (tertiary/aromatic N) is 1. The van der Waals surface area contributed by atoms with Crippen molar-refractivity contribution in [1.29, 1.82) is 0 Å². The highest BCUT2D eigenvalue weighted by Gasteiger charge is 2.22. The number of benzene rings is 3. The van der Waals surface area contributed by atoms with E-state index in [0.29, 0.717) is 6.10 Å². The molecule has 1 aliphatic carbocycles. The summed E-state index contributed by atoms with van der Waals surface area (Å²) in [7, 11) is 0. The third-order valence-electron chi connectivity index (χ3n) is 5.77. The van der Waals surface area contributed by atoms with E-state index >= 15 is 0 Å². The highest BCUT2D eigenvalue weighted by Crippen LogP contribution is 2.39. The lowest BCUT2D eigenvalue weighted by atomic mass is 9.98. The predicted molar refractivity (Wildman–Crippen MR) is 150 cm³/mol. The highest BCUT2D eigenvalue weighted by molar-refractivity contribution is 8.17. The molecule has 0 heterocycles. The van der Waals surface area contributed by atoms with Crippen LogP contribution in [-0.4, -0.2) is 16.6 Å². The molecule has 0 saturated heterocycles. The Bertz CT molecular complexity index is 982. The molecule has 5 heteroatoms. The number of ether oxygens (including phenoxy) is 1. The Kier molecular flexibility index (Phi) is 9.90. The number of rotatable bonds is 9. The molecule has 0 spiro atoms. The molecular formula is C29H33NOS3. The van der Waals surface area contributed by atoms with Crippen LogP contribution in [0.2, 0.25) is 0 Å². The Hall–Kier alpha value is -1.82. The maximum Gasteiger partial charge on any atom is 0.197 e. The van der Waals surface area contributed by atoms with Gasteiger partial charge in [0.2, 0.25) is 0 Å². The van der Waals surface area contributed by atoms with Crippen LogP contribution in [0.4, 0.5) is 0 Å². The third-order valence-corrected chi connectivity index (χ3v) is 9.07. The first-order valence-electron chi connectivity index (χ1n) is 12.1. The Morgan fingerprint density at radius 2 is 1.32 bits per heavy atom. The van der Waals surface area contributed by atoms with Crippen molar-refractivity contribution in [1.82, 2.24) is 0 Å². The van der Waals surface area contributed by atoms with Gasteiger partial charge in [-0.25, -0.2) is 0 Å². The predicted octanol–water partition coefficient (Wildman–Crippen LogP) is 9.36. The van der Waals surface area contributed by atoms with Crippen molar-refractivity contribution < 1.29 is 4.74 Å². The largest absolute Gasteiger partial charge is 0.477 e. The molecule has 0 amide bonds. The van der Waals surface area contributed by atoms with Gasteiger partial charge in [0.15, 0.2) is 5.90 Å². The minimum Gasteiger partial charge on any atom is -0.477 e. The van der Waals surface area contributed by atoms with E-state index < -0.39 is 0 Å². The van der Waals surface area contributed by atoms with Gasteiger partial charge >= 0.3 is 0 Å². The molecule has 2 nitrogen and oxygen atoms in total. The zero-order chi connectivity index (χ0) is 23.6. The normalized spacial score (nSPS) is 15.0. The van der Waals surface area contributed by atoms with Crippen LogP contribution in [-0.2, 0) is 4.74 Å². The summed E-state index contributed by atoms with van der Waals surface area (Å²) in [5.41, 5.74) is 2.57. The maximum atomic E-state index is 6.56. The van der Waals surface area contributed by atoms with Crippen LogP contribution < -0.4 is 0 Å². The molecule has 4 rings (SSSR count). The van der Waals surface area contributed by atoms with Gasteiger partial charge in [0.25, 0.3) is 0 Å². The molecule has 1 aliphatic rings. The van der Waals surface area contributed by atoms with Crippen molar-refractivity contribution in [3.05, 3.63) is 90.0 Å². The van der Waals surface area contributed by atoms with Gasteiger partial charge in [0.1, 0.15) is 6.10 Å². The van der Waals surface area contributed by atoms with E-state index in [0.717, 1.165) is 30.1 Å². The molecule has 0 aliphatic heterocycles. The fourth-order valence-electron chi connectivity index (χ4n) is 3.85. The summed E-state index contributed by atoms with van der Waals surface area (Å²) < 4.78 is 11.8. The lowest BCUT2D eigenvalue weighted by Crippen LogP contribution is -2.22. The Morgan fingerprint density at radius 1 is 0.765 bits per heavy atom. The summed E-state index contributed by atoms with van der Waals surface area (Å²) in [4.78, 5) is 3.70. The molecule has 178 valence electrons. The number of aryl methyl sites for hydroxylation is 2. The molecule has 0 atom stereocenters. The minimum atomic E-state index is 0.268. The number of thioether (sulfide) groups is 2. The summed E-state index contributed by atoms with van der Waals surface area (Å²) in [6.45, 7) is 4.27. The molecule has 0 unspecified atom stereocenters. The fourth-order valence-corrected chi connectivity index (χ4v) is 6.96. The molecule has 1 saturated carbocycles. The van der Waals surface area contributed by atoms with Crippen LogP contribution in [0.1, 0.15) is 49.7 Å². The van der Waals surface area contributed by atoms with E-state index in [9.17, 15) is 0 Å². The molecule has 3 aromatic rings. The molecule has 0 radical (unpaired) electrons. The van der Waals surface area contributed by atoms with Gasteiger partial charge in [-0.05, 0) is 75.9 Å². The van der Waals surface area contributed by atoms with Gasteiger partial charge in [-0.2, -0.15) is 4.40 Å². The molecule has 1 fully saturated rings. The lowest BCUT2D eigenvalue weighted by Gasteiger charge is -2.25. The Balaban J connectivity index is 1.54. The first kappa shape index (κ1) is 25.3. The van der Waals surface area contributed by atoms with Gasteiger partial charge in [-0.3, -0.25) is 0 Å². The fraction of sp³-hybridized carbons (Fsp3) is 0.345. The first-order valence-corrected chi connectivity index (χ1v) is 14.6. The van der Waals surface area contributed by atoms with Crippen LogP contribution in [0.25, 0.3) is 0 Å². The average Bonchev–Trinajstić information content (AvgIpc) is 2.86. The molecule has 3 aromatic carbocycles. The van der Waals surface area contributed by atoms with Crippen molar-refractivity contribution in [3.8, 4) is 0 Å². The first-order chi connectivity index (χ1) is 16.6. The summed E-state index contributed by atoms with van der Waals surface area (Å²) in [5, 5.41) is 0. The second-order valence-electron chi connectivity index (χ2n) is 8.76. The van der Waals surface area contributed by atoms with Gasteiger partial charge in [-0.1, -0.05) is 60.0 Å². The van der Waals surface area contributed by atoms with Crippen LogP contribution in [0.3, 0.4) is 0 Å². The Morgan fingerprint density at radius 3 is 1.88 bits per heavy atom. The average molecular weight is 508 g/mol. The quantitative estimate of drug-likeness (QED) is 0.0945. The van der Waals surface area contributed by atoms with E-state index in [2.05, 4.69) is 86.6 Å². The topological polar surface area (TPSA) is 21.6 Å². The summed E-state index contributed by atoms with van der Waals surface area (Å²) >= 11 is 5.32. The summed E-state index contributed by atoms with van der Waals surface area (Å²) in [5.74, 6) is 0.866. The van der Waals surface area contributed by atoms with Crippen LogP contribution in [0, 0.1) is 13.8 Å². The zero-order valence-electron chi connectivity index (χ0n) is 20.0.